The van der Waals surface area contributed by atoms with Gasteiger partial charge < -0.3 is 24.4 Å². The second-order valence-corrected chi connectivity index (χ2v) is 8.17. The van der Waals surface area contributed by atoms with Gasteiger partial charge in [0.2, 0.25) is 0 Å². The Morgan fingerprint density at radius 3 is 2.63 bits per heavy atom. The number of rotatable bonds is 7. The molecule has 8 nitrogen and oxygen atoms in total. The van der Waals surface area contributed by atoms with Crippen LogP contribution in [0.25, 0.3) is 11.0 Å². The van der Waals surface area contributed by atoms with E-state index in [1.807, 2.05) is 31.2 Å². The molecule has 1 aromatic carbocycles. The summed E-state index contributed by atoms with van der Waals surface area (Å²) in [5.74, 6) is -1.27. The normalized spacial score (nSPS) is 12.1. The Labute approximate surface area is 175 Å². The highest BCUT2D eigenvalue weighted by Gasteiger charge is 2.23. The highest BCUT2D eigenvalue weighted by molar-refractivity contribution is 7.46. The third-order valence-corrected chi connectivity index (χ3v) is 5.66. The molecule has 0 spiro atoms. The van der Waals surface area contributed by atoms with Gasteiger partial charge in [0.15, 0.2) is 14.1 Å². The molecule has 0 bridgehead atoms. The Balaban J connectivity index is 1.93. The predicted octanol–water partition coefficient (Wildman–Crippen LogP) is 2.57. The Morgan fingerprint density at radius 1 is 1.27 bits per heavy atom. The summed E-state index contributed by atoms with van der Waals surface area (Å²) in [6.45, 7) is 4.04. The zero-order valence-electron chi connectivity index (χ0n) is 17.0. The first-order chi connectivity index (χ1) is 14.3. The molecule has 1 amide bonds. The maximum Gasteiger partial charge on any atom is 0.267 e. The molecule has 0 aliphatic rings. The van der Waals surface area contributed by atoms with Crippen LogP contribution in [0.15, 0.2) is 41.3 Å². The van der Waals surface area contributed by atoms with E-state index in [9.17, 15) is 19.6 Å². The van der Waals surface area contributed by atoms with Crippen LogP contribution in [0, 0.1) is 6.92 Å². The molecule has 0 radical (unpaired) electrons. The smallest absolute Gasteiger partial charge is 0.267 e. The summed E-state index contributed by atoms with van der Waals surface area (Å²) in [5, 5.41) is 13.0. The number of fused-ring (bicyclic) bond motifs is 1. The van der Waals surface area contributed by atoms with Crippen LogP contribution in [0.4, 0.5) is 0 Å². The monoisotopic (exact) mass is 429 g/mol. The highest BCUT2D eigenvalue weighted by Crippen LogP contribution is 2.30. The van der Waals surface area contributed by atoms with Crippen molar-refractivity contribution < 1.29 is 19.3 Å². The number of amides is 1. The van der Waals surface area contributed by atoms with Crippen molar-refractivity contribution in [1.29, 1.82) is 0 Å². The first-order valence-electron chi connectivity index (χ1n) is 9.45. The van der Waals surface area contributed by atoms with Crippen molar-refractivity contribution >= 4 is 25.3 Å². The molecular formula is C21H24N3O5P. The molecular weight excluding hydrogens is 405 g/mol. The Morgan fingerprint density at radius 2 is 1.97 bits per heavy atom. The lowest BCUT2D eigenvalue weighted by Crippen LogP contribution is -2.33. The van der Waals surface area contributed by atoms with Crippen LogP contribution in [-0.2, 0) is 18.0 Å². The van der Waals surface area contributed by atoms with E-state index in [0.717, 1.165) is 11.1 Å². The summed E-state index contributed by atoms with van der Waals surface area (Å²) in [7, 11) is -0.309. The van der Waals surface area contributed by atoms with Gasteiger partial charge >= 0.3 is 0 Å². The van der Waals surface area contributed by atoms with Crippen molar-refractivity contribution in [2.45, 2.75) is 20.3 Å². The van der Waals surface area contributed by atoms with E-state index in [-0.39, 0.29) is 11.8 Å². The lowest BCUT2D eigenvalue weighted by atomic mass is 10.0. The van der Waals surface area contributed by atoms with Gasteiger partial charge in [-0.25, -0.2) is 0 Å². The molecule has 0 saturated heterocycles. The Kier molecular flexibility index (Phi) is 6.82. The summed E-state index contributed by atoms with van der Waals surface area (Å²) < 4.78 is 6.29. The number of hydrogen-bond donors (Lipinski definition) is 3. The van der Waals surface area contributed by atoms with Crippen molar-refractivity contribution in [3.8, 4) is 5.75 Å². The van der Waals surface area contributed by atoms with Crippen LogP contribution in [0.1, 0.15) is 34.0 Å². The van der Waals surface area contributed by atoms with Gasteiger partial charge in [-0.2, -0.15) is 0 Å². The van der Waals surface area contributed by atoms with E-state index in [0.29, 0.717) is 18.5 Å². The fourth-order valence-corrected chi connectivity index (χ4v) is 3.76. The predicted molar refractivity (Wildman–Crippen MR) is 116 cm³/mol. The van der Waals surface area contributed by atoms with Crippen molar-refractivity contribution in [3.05, 3.63) is 69.1 Å². The molecule has 1 atom stereocenters. The van der Waals surface area contributed by atoms with Crippen LogP contribution in [-0.4, -0.2) is 38.4 Å². The number of aromatic nitrogens is 2. The van der Waals surface area contributed by atoms with Gasteiger partial charge in [0.25, 0.3) is 11.5 Å². The van der Waals surface area contributed by atoms with Crippen LogP contribution in [0.5, 0.6) is 5.75 Å². The van der Waals surface area contributed by atoms with Crippen molar-refractivity contribution in [1.82, 2.24) is 14.9 Å². The van der Waals surface area contributed by atoms with Gasteiger partial charge in [0.05, 0.1) is 18.4 Å². The summed E-state index contributed by atoms with van der Waals surface area (Å²) in [6, 6.07) is 9.90. The van der Waals surface area contributed by atoms with Gasteiger partial charge in [0, 0.05) is 13.2 Å². The van der Waals surface area contributed by atoms with Crippen molar-refractivity contribution in [3.63, 3.8) is 0 Å². The minimum absolute atomic E-state index is 0.147. The molecule has 9 heteroatoms. The van der Waals surface area contributed by atoms with E-state index in [2.05, 4.69) is 10.3 Å². The number of nitrogens with zero attached hydrogens (tertiary/aromatic N) is 2. The molecule has 0 aliphatic heterocycles. The fourth-order valence-electron chi connectivity index (χ4n) is 3.10. The molecule has 3 rings (SSSR count). The highest BCUT2D eigenvalue weighted by atomic mass is 31.2. The minimum Gasteiger partial charge on any atom is -0.505 e. The Hall–Kier alpha value is -2.80. The lowest BCUT2D eigenvalue weighted by Gasteiger charge is -2.14. The van der Waals surface area contributed by atoms with E-state index < -0.39 is 31.2 Å². The number of hydrogen-bond acceptors (Lipinski definition) is 6. The molecule has 0 aliphatic carbocycles. The molecule has 1 unspecified atom stereocenters. The van der Waals surface area contributed by atoms with Crippen LogP contribution in [0.3, 0.4) is 0 Å². The number of aromatic hydroxyl groups is 1. The maximum atomic E-state index is 12.7. The Bertz CT molecular complexity index is 1130. The average Bonchev–Trinajstić information content (AvgIpc) is 2.72. The average molecular weight is 429 g/mol. The van der Waals surface area contributed by atoms with Gasteiger partial charge in [0.1, 0.15) is 11.1 Å². The standard InChI is InChI=1S/C21H24N3O5P/c1-4-29-30(28)12-23-20(26)17-19(25)18-16(24(3)21(17)27)10-15(11-22-18)9-14-7-5-13(2)6-8-14/h5-8,10-11,25,28H,4,9,12H2,1-3H3,(H,23,26). The molecule has 0 fully saturated rings. The molecule has 2 heterocycles. The second-order valence-electron chi connectivity index (χ2n) is 6.90. The minimum atomic E-state index is -1.83. The van der Waals surface area contributed by atoms with Crippen LogP contribution >= 0.6 is 8.38 Å². The van der Waals surface area contributed by atoms with E-state index in [1.165, 1.54) is 17.2 Å². The van der Waals surface area contributed by atoms with Gasteiger partial charge in [-0.3, -0.25) is 14.6 Å². The molecule has 0 saturated carbocycles. The maximum absolute atomic E-state index is 12.7. The molecule has 30 heavy (non-hydrogen) atoms. The first-order valence-corrected chi connectivity index (χ1v) is 10.8. The van der Waals surface area contributed by atoms with Gasteiger partial charge in [-0.15, -0.1) is 0 Å². The summed E-state index contributed by atoms with van der Waals surface area (Å²) in [4.78, 5) is 39.2. The van der Waals surface area contributed by atoms with Gasteiger partial charge in [-0.05, 0) is 37.5 Å². The fraction of sp³-hybridized carbons (Fsp3) is 0.286. The zero-order valence-corrected chi connectivity index (χ0v) is 17.9. The van der Waals surface area contributed by atoms with Crippen LogP contribution in [0.2, 0.25) is 0 Å². The molecule has 158 valence electrons. The number of pyridine rings is 2. The van der Waals surface area contributed by atoms with E-state index in [1.54, 1.807) is 19.2 Å². The summed E-state index contributed by atoms with van der Waals surface area (Å²) in [5.41, 5.74) is 2.67. The first kappa shape index (κ1) is 21.9. The summed E-state index contributed by atoms with van der Waals surface area (Å²) in [6.07, 6.45) is 2.10. The van der Waals surface area contributed by atoms with E-state index in [4.69, 9.17) is 4.52 Å². The number of carbonyl (C=O) groups excluding carboxylic acids is 1. The molecule has 3 N–H and O–H groups in total. The SMILES string of the molecule is CCOP(O)CNC(=O)c1c(O)c2ncc(Cc3ccc(C)cc3)cc2n(C)c1=O. The van der Waals surface area contributed by atoms with Crippen LogP contribution < -0.4 is 10.9 Å². The third kappa shape index (κ3) is 4.67. The number of benzene rings is 1. The largest absolute Gasteiger partial charge is 0.505 e. The topological polar surface area (TPSA) is 114 Å². The number of nitrogens with one attached hydrogen (secondary N) is 1. The van der Waals surface area contributed by atoms with Gasteiger partial charge in [-0.1, -0.05) is 29.8 Å². The quantitative estimate of drug-likeness (QED) is 0.498. The van der Waals surface area contributed by atoms with Crippen molar-refractivity contribution in [2.24, 2.45) is 7.05 Å². The summed E-state index contributed by atoms with van der Waals surface area (Å²) >= 11 is 0. The number of aryl methyl sites for hydroxylation is 2. The molecule has 2 aromatic heterocycles. The lowest BCUT2D eigenvalue weighted by molar-refractivity contribution is 0.0953. The molecule has 3 aromatic rings. The second kappa shape index (κ2) is 9.34. The van der Waals surface area contributed by atoms with Crippen molar-refractivity contribution in [2.75, 3.05) is 12.9 Å². The number of carbonyl (C=O) groups is 1. The van der Waals surface area contributed by atoms with E-state index >= 15 is 0 Å². The zero-order chi connectivity index (χ0) is 21.8. The third-order valence-electron chi connectivity index (χ3n) is 4.67.